The first-order chi connectivity index (χ1) is 12.1. The Balaban J connectivity index is 1.65. The van der Waals surface area contributed by atoms with Crippen LogP contribution in [0.3, 0.4) is 0 Å². The molecule has 0 fully saturated rings. The summed E-state index contributed by atoms with van der Waals surface area (Å²) in [6.07, 6.45) is 0. The van der Waals surface area contributed by atoms with Gasteiger partial charge >= 0.3 is 5.78 Å². The molecule has 0 radical (unpaired) electrons. The zero-order valence-electron chi connectivity index (χ0n) is 12.9. The maximum Gasteiger partial charge on any atom is 0.302 e. The third-order valence-electron chi connectivity index (χ3n) is 3.84. The molecule has 124 valence electrons. The molecule has 0 atom stereocenters. The van der Waals surface area contributed by atoms with Gasteiger partial charge in [-0.05, 0) is 29.8 Å². The molecule has 0 saturated carbocycles. The summed E-state index contributed by atoms with van der Waals surface area (Å²) in [6, 6.07) is 15.4. The van der Waals surface area contributed by atoms with Crippen molar-refractivity contribution in [1.29, 1.82) is 0 Å². The van der Waals surface area contributed by atoms with Crippen molar-refractivity contribution < 1.29 is 13.6 Å². The van der Waals surface area contributed by atoms with E-state index < -0.39 is 5.91 Å². The lowest BCUT2D eigenvalue weighted by Crippen LogP contribution is -2.22. The molecule has 0 aliphatic rings. The Morgan fingerprint density at radius 1 is 1.00 bits per heavy atom. The van der Waals surface area contributed by atoms with E-state index in [1.54, 1.807) is 42.5 Å². The zero-order chi connectivity index (χ0) is 17.4. The van der Waals surface area contributed by atoms with Gasteiger partial charge in [-0.1, -0.05) is 35.9 Å². The van der Waals surface area contributed by atoms with E-state index in [-0.39, 0.29) is 22.4 Å². The molecule has 0 unspecified atom stereocenters. The van der Waals surface area contributed by atoms with Crippen LogP contribution in [0.5, 0.6) is 0 Å². The smallest absolute Gasteiger partial charge is 0.302 e. The van der Waals surface area contributed by atoms with Crippen LogP contribution in [0.1, 0.15) is 16.1 Å². The number of amides is 1. The fourth-order valence-corrected chi connectivity index (χ4v) is 2.84. The Hall–Kier alpha value is -3.05. The van der Waals surface area contributed by atoms with Crippen molar-refractivity contribution >= 4 is 39.6 Å². The standard InChI is InChI=1S/C19H12ClNO4/c20-12-5-3-4-11(8-12)10-21-18(23)16-9-14-17(22)13-6-1-2-7-15(13)24-19(14)25-16/h1-9H,10H2,(H,21,23). The van der Waals surface area contributed by atoms with Crippen LogP contribution in [-0.4, -0.2) is 5.91 Å². The van der Waals surface area contributed by atoms with Gasteiger partial charge in [-0.3, -0.25) is 9.59 Å². The summed E-state index contributed by atoms with van der Waals surface area (Å²) >= 11 is 5.92. The van der Waals surface area contributed by atoms with Gasteiger partial charge in [0.1, 0.15) is 11.0 Å². The van der Waals surface area contributed by atoms with Crippen LogP contribution in [0.25, 0.3) is 22.1 Å². The van der Waals surface area contributed by atoms with Crippen molar-refractivity contribution in [2.45, 2.75) is 6.54 Å². The predicted molar refractivity (Wildman–Crippen MR) is 94.9 cm³/mol. The van der Waals surface area contributed by atoms with Gasteiger partial charge in [0.15, 0.2) is 5.76 Å². The number of halogens is 1. The Bertz CT molecular complexity index is 1160. The van der Waals surface area contributed by atoms with E-state index in [2.05, 4.69) is 5.32 Å². The van der Waals surface area contributed by atoms with Crippen molar-refractivity contribution in [2.24, 2.45) is 0 Å². The van der Waals surface area contributed by atoms with E-state index in [1.807, 2.05) is 6.07 Å². The molecule has 6 heteroatoms. The topological polar surface area (TPSA) is 72.5 Å². The Morgan fingerprint density at radius 2 is 1.84 bits per heavy atom. The highest BCUT2D eigenvalue weighted by Crippen LogP contribution is 2.21. The average Bonchev–Trinajstić information content (AvgIpc) is 3.04. The van der Waals surface area contributed by atoms with E-state index >= 15 is 0 Å². The molecular weight excluding hydrogens is 342 g/mol. The van der Waals surface area contributed by atoms with Crippen molar-refractivity contribution in [2.75, 3.05) is 0 Å². The van der Waals surface area contributed by atoms with E-state index in [4.69, 9.17) is 20.4 Å². The molecule has 25 heavy (non-hydrogen) atoms. The number of carbonyl (C=O) groups is 1. The molecular formula is C19H12ClNO4. The summed E-state index contributed by atoms with van der Waals surface area (Å²) < 4.78 is 11.0. The van der Waals surface area contributed by atoms with Crippen molar-refractivity contribution in [3.63, 3.8) is 0 Å². The molecule has 4 aromatic rings. The molecule has 0 saturated heterocycles. The highest BCUT2D eigenvalue weighted by Gasteiger charge is 2.17. The second kappa shape index (κ2) is 6.11. The molecule has 0 bridgehead atoms. The maximum atomic E-state index is 12.5. The van der Waals surface area contributed by atoms with E-state index in [9.17, 15) is 9.59 Å². The fourth-order valence-electron chi connectivity index (χ4n) is 2.62. The lowest BCUT2D eigenvalue weighted by atomic mass is 10.2. The molecule has 2 aromatic carbocycles. The van der Waals surface area contributed by atoms with Crippen LogP contribution in [0.4, 0.5) is 0 Å². The fraction of sp³-hybridized carbons (Fsp3) is 0.0526. The first-order valence-electron chi connectivity index (χ1n) is 7.60. The second-order valence-electron chi connectivity index (χ2n) is 5.55. The van der Waals surface area contributed by atoms with Gasteiger partial charge in [0.25, 0.3) is 5.91 Å². The number of carbonyl (C=O) groups excluding carboxylic acids is 1. The minimum atomic E-state index is -0.435. The van der Waals surface area contributed by atoms with Crippen LogP contribution in [0, 0.1) is 0 Å². The van der Waals surface area contributed by atoms with Gasteiger partial charge in [0.2, 0.25) is 5.43 Å². The molecule has 1 amide bonds. The number of fused-ring (bicyclic) bond motifs is 2. The number of benzene rings is 2. The molecule has 1 N–H and O–H groups in total. The lowest BCUT2D eigenvalue weighted by molar-refractivity contribution is 0.0923. The van der Waals surface area contributed by atoms with Crippen molar-refractivity contribution in [3.05, 3.63) is 81.2 Å². The summed E-state index contributed by atoms with van der Waals surface area (Å²) in [4.78, 5) is 24.8. The van der Waals surface area contributed by atoms with Gasteiger partial charge < -0.3 is 14.2 Å². The lowest BCUT2D eigenvalue weighted by Gasteiger charge is -2.03. The third kappa shape index (κ3) is 2.90. The van der Waals surface area contributed by atoms with E-state index in [0.717, 1.165) is 5.56 Å². The second-order valence-corrected chi connectivity index (χ2v) is 5.99. The van der Waals surface area contributed by atoms with Gasteiger partial charge in [-0.25, -0.2) is 0 Å². The maximum absolute atomic E-state index is 12.5. The molecule has 0 aliphatic carbocycles. The molecule has 5 nitrogen and oxygen atoms in total. The quantitative estimate of drug-likeness (QED) is 0.601. The van der Waals surface area contributed by atoms with Crippen LogP contribution in [0.15, 0.2) is 68.2 Å². The molecule has 0 aliphatic heterocycles. The van der Waals surface area contributed by atoms with Crippen LogP contribution < -0.4 is 10.7 Å². The summed E-state index contributed by atoms with van der Waals surface area (Å²) in [7, 11) is 0. The van der Waals surface area contributed by atoms with Crippen LogP contribution in [-0.2, 0) is 6.54 Å². The first kappa shape index (κ1) is 15.5. The normalized spacial score (nSPS) is 11.1. The van der Waals surface area contributed by atoms with Crippen molar-refractivity contribution in [1.82, 2.24) is 5.32 Å². The number of para-hydroxylation sites is 1. The summed E-state index contributed by atoms with van der Waals surface area (Å²) in [5, 5.41) is 4.01. The van der Waals surface area contributed by atoms with E-state index in [1.165, 1.54) is 6.07 Å². The van der Waals surface area contributed by atoms with Gasteiger partial charge in [0, 0.05) is 17.6 Å². The molecule has 2 aromatic heterocycles. The van der Waals surface area contributed by atoms with Crippen LogP contribution >= 0.6 is 11.6 Å². The van der Waals surface area contributed by atoms with Crippen molar-refractivity contribution in [3.8, 4) is 0 Å². The Morgan fingerprint density at radius 3 is 2.68 bits per heavy atom. The first-order valence-corrected chi connectivity index (χ1v) is 7.97. The number of furan rings is 1. The molecule has 0 spiro atoms. The van der Waals surface area contributed by atoms with Crippen LogP contribution in [0.2, 0.25) is 5.02 Å². The SMILES string of the molecule is O=C(NCc1cccc(Cl)c1)c1cc2c(=O)c3ccccc3oc2o1. The number of hydrogen-bond acceptors (Lipinski definition) is 4. The minimum Gasteiger partial charge on any atom is -0.425 e. The highest BCUT2D eigenvalue weighted by atomic mass is 35.5. The number of rotatable bonds is 3. The van der Waals surface area contributed by atoms with Gasteiger partial charge in [-0.15, -0.1) is 0 Å². The highest BCUT2D eigenvalue weighted by molar-refractivity contribution is 6.30. The summed E-state index contributed by atoms with van der Waals surface area (Å²) in [5.41, 5.74) is 1.05. The zero-order valence-corrected chi connectivity index (χ0v) is 13.7. The largest absolute Gasteiger partial charge is 0.425 e. The average molecular weight is 354 g/mol. The predicted octanol–water partition coefficient (Wildman–Crippen LogP) is 4.12. The summed E-state index contributed by atoms with van der Waals surface area (Å²) in [5.74, 6) is -0.375. The molecule has 2 heterocycles. The number of nitrogens with one attached hydrogen (secondary N) is 1. The summed E-state index contributed by atoms with van der Waals surface area (Å²) in [6.45, 7) is 0.291. The number of hydrogen-bond donors (Lipinski definition) is 1. The van der Waals surface area contributed by atoms with Gasteiger partial charge in [0.05, 0.1) is 5.39 Å². The third-order valence-corrected chi connectivity index (χ3v) is 4.08. The Labute approximate surface area is 146 Å². The minimum absolute atomic E-state index is 0.0215. The van der Waals surface area contributed by atoms with E-state index in [0.29, 0.717) is 22.5 Å². The molecule has 4 rings (SSSR count). The Kier molecular flexibility index (Phi) is 3.78. The monoisotopic (exact) mass is 353 g/mol. The van der Waals surface area contributed by atoms with Gasteiger partial charge in [-0.2, -0.15) is 0 Å².